The molecule has 5 nitrogen and oxygen atoms in total. The number of rotatable bonds is 4. The number of amides is 2. The predicted molar refractivity (Wildman–Crippen MR) is 116 cm³/mol. The molecule has 2 amide bonds. The number of hydrogen-bond acceptors (Lipinski definition) is 3. The van der Waals surface area contributed by atoms with Crippen LogP contribution < -0.4 is 16.0 Å². The van der Waals surface area contributed by atoms with Gasteiger partial charge < -0.3 is 10.6 Å². The lowest BCUT2D eigenvalue weighted by atomic mass is 10.2. The molecule has 0 unspecified atom stereocenters. The molecule has 0 aliphatic rings. The zero-order chi connectivity index (χ0) is 19.9. The van der Waals surface area contributed by atoms with Crippen molar-refractivity contribution in [2.24, 2.45) is 0 Å². The predicted octanol–water partition coefficient (Wildman–Crippen LogP) is 4.72. The van der Waals surface area contributed by atoms with Crippen LogP contribution in [0, 0.1) is 0 Å². The van der Waals surface area contributed by atoms with E-state index >= 15 is 0 Å². The highest BCUT2D eigenvalue weighted by Gasteiger charge is 2.11. The van der Waals surface area contributed by atoms with Crippen LogP contribution in [0.3, 0.4) is 0 Å². The van der Waals surface area contributed by atoms with Crippen LogP contribution >= 0.6 is 23.8 Å². The first-order valence-corrected chi connectivity index (χ1v) is 9.15. The van der Waals surface area contributed by atoms with Crippen molar-refractivity contribution in [3.05, 3.63) is 95.0 Å². The molecule has 0 spiro atoms. The van der Waals surface area contributed by atoms with Gasteiger partial charge in [0.2, 0.25) is 0 Å². The fraction of sp³-hybridized carbons (Fsp3) is 0. The summed E-state index contributed by atoms with van der Waals surface area (Å²) in [4.78, 5) is 24.5. The Morgan fingerprint density at radius 1 is 0.750 bits per heavy atom. The molecule has 0 saturated carbocycles. The van der Waals surface area contributed by atoms with Crippen molar-refractivity contribution < 1.29 is 9.59 Å². The average Bonchev–Trinajstić information content (AvgIpc) is 2.69. The second kappa shape index (κ2) is 9.12. The smallest absolute Gasteiger partial charge is 0.257 e. The number of hydrogen-bond donors (Lipinski definition) is 3. The highest BCUT2D eigenvalue weighted by molar-refractivity contribution is 7.80. The Hall–Kier alpha value is -3.22. The minimum atomic E-state index is -0.317. The van der Waals surface area contributed by atoms with E-state index in [0.29, 0.717) is 27.5 Å². The van der Waals surface area contributed by atoms with Gasteiger partial charge in [0.1, 0.15) is 0 Å². The third-order valence-corrected chi connectivity index (χ3v) is 4.29. The van der Waals surface area contributed by atoms with Gasteiger partial charge in [-0.2, -0.15) is 0 Å². The maximum absolute atomic E-state index is 12.4. The van der Waals surface area contributed by atoms with E-state index in [9.17, 15) is 9.59 Å². The summed E-state index contributed by atoms with van der Waals surface area (Å²) in [5.74, 6) is -0.621. The number of benzene rings is 3. The van der Waals surface area contributed by atoms with Crippen molar-refractivity contribution in [1.82, 2.24) is 5.32 Å². The third-order valence-electron chi connectivity index (χ3n) is 3.76. The van der Waals surface area contributed by atoms with Crippen molar-refractivity contribution in [1.29, 1.82) is 0 Å². The third kappa shape index (κ3) is 5.16. The van der Waals surface area contributed by atoms with E-state index in [0.717, 1.165) is 0 Å². The van der Waals surface area contributed by atoms with Gasteiger partial charge in [-0.1, -0.05) is 48.0 Å². The zero-order valence-corrected chi connectivity index (χ0v) is 16.2. The molecule has 0 aromatic heterocycles. The number of carbonyl (C=O) groups excluding carboxylic acids is 2. The van der Waals surface area contributed by atoms with Gasteiger partial charge in [-0.05, 0) is 54.7 Å². The van der Waals surface area contributed by atoms with Gasteiger partial charge in [0.25, 0.3) is 11.8 Å². The van der Waals surface area contributed by atoms with Gasteiger partial charge in [-0.25, -0.2) is 0 Å². The number of halogens is 1. The van der Waals surface area contributed by atoms with Crippen LogP contribution in [0.5, 0.6) is 0 Å². The van der Waals surface area contributed by atoms with E-state index in [4.69, 9.17) is 23.8 Å². The molecular weight excluding hydrogens is 394 g/mol. The first kappa shape index (κ1) is 19.5. The van der Waals surface area contributed by atoms with Crippen LogP contribution in [0.15, 0.2) is 78.9 Å². The summed E-state index contributed by atoms with van der Waals surface area (Å²) in [6.07, 6.45) is 0. The number of carbonyl (C=O) groups is 2. The molecule has 0 atom stereocenters. The van der Waals surface area contributed by atoms with Gasteiger partial charge in [0, 0.05) is 16.9 Å². The summed E-state index contributed by atoms with van der Waals surface area (Å²) in [6, 6.07) is 22.5. The molecule has 3 aromatic carbocycles. The molecule has 0 fully saturated rings. The highest BCUT2D eigenvalue weighted by Crippen LogP contribution is 2.19. The fourth-order valence-electron chi connectivity index (χ4n) is 2.45. The SMILES string of the molecule is O=C(NC(=S)Nc1cccc(NC(=O)c2ccccc2Cl)c1)c1ccccc1. The quantitative estimate of drug-likeness (QED) is 0.545. The second-order valence-electron chi connectivity index (χ2n) is 5.79. The maximum atomic E-state index is 12.4. The Kier molecular flexibility index (Phi) is 6.37. The van der Waals surface area contributed by atoms with Crippen molar-refractivity contribution in [2.45, 2.75) is 0 Å². The van der Waals surface area contributed by atoms with E-state index in [1.165, 1.54) is 0 Å². The molecule has 7 heteroatoms. The van der Waals surface area contributed by atoms with Crippen LogP contribution in [-0.4, -0.2) is 16.9 Å². The van der Waals surface area contributed by atoms with E-state index in [-0.39, 0.29) is 16.9 Å². The zero-order valence-electron chi connectivity index (χ0n) is 14.6. The summed E-state index contributed by atoms with van der Waals surface area (Å²) < 4.78 is 0. The Labute approximate surface area is 172 Å². The topological polar surface area (TPSA) is 70.2 Å². The number of nitrogens with one attached hydrogen (secondary N) is 3. The van der Waals surface area contributed by atoms with Crippen LogP contribution in [0.25, 0.3) is 0 Å². The molecule has 3 N–H and O–H groups in total. The summed E-state index contributed by atoms with van der Waals surface area (Å²) in [6.45, 7) is 0. The van der Waals surface area contributed by atoms with Crippen molar-refractivity contribution in [3.63, 3.8) is 0 Å². The summed E-state index contributed by atoms with van der Waals surface area (Å²) >= 11 is 11.2. The number of thiocarbonyl (C=S) groups is 1. The van der Waals surface area contributed by atoms with E-state index in [2.05, 4.69) is 16.0 Å². The Morgan fingerprint density at radius 2 is 1.39 bits per heavy atom. The van der Waals surface area contributed by atoms with E-state index < -0.39 is 0 Å². The Balaban J connectivity index is 1.63. The molecule has 0 aliphatic carbocycles. The standard InChI is InChI=1S/C21H16ClN3O2S/c22-18-12-5-4-11-17(18)20(27)23-15-9-6-10-16(13-15)24-21(28)25-19(26)14-7-2-1-3-8-14/h1-13H,(H,23,27)(H2,24,25,26,28). The van der Waals surface area contributed by atoms with E-state index in [1.54, 1.807) is 72.8 Å². The molecule has 3 aromatic rings. The van der Waals surface area contributed by atoms with Gasteiger partial charge in [-0.15, -0.1) is 0 Å². The molecule has 0 radical (unpaired) electrons. The monoisotopic (exact) mass is 409 g/mol. The maximum Gasteiger partial charge on any atom is 0.257 e. The fourth-order valence-corrected chi connectivity index (χ4v) is 2.88. The molecule has 3 rings (SSSR count). The molecule has 0 heterocycles. The first-order valence-electron chi connectivity index (χ1n) is 8.36. The minimum Gasteiger partial charge on any atom is -0.332 e. The van der Waals surface area contributed by atoms with Gasteiger partial charge >= 0.3 is 0 Å². The van der Waals surface area contributed by atoms with Gasteiger partial charge in [-0.3, -0.25) is 14.9 Å². The molecule has 0 saturated heterocycles. The molecule has 140 valence electrons. The van der Waals surface area contributed by atoms with Gasteiger partial charge in [0.05, 0.1) is 10.6 Å². The largest absolute Gasteiger partial charge is 0.332 e. The molecule has 28 heavy (non-hydrogen) atoms. The van der Waals surface area contributed by atoms with Crippen LogP contribution in [-0.2, 0) is 0 Å². The summed E-state index contributed by atoms with van der Waals surface area (Å²) in [5, 5.41) is 8.86. The molecule has 0 aliphatic heterocycles. The lowest BCUT2D eigenvalue weighted by Crippen LogP contribution is -2.34. The lowest BCUT2D eigenvalue weighted by molar-refractivity contribution is 0.0976. The summed E-state index contributed by atoms with van der Waals surface area (Å²) in [7, 11) is 0. The van der Waals surface area contributed by atoms with Gasteiger partial charge in [0.15, 0.2) is 5.11 Å². The van der Waals surface area contributed by atoms with Crippen LogP contribution in [0.2, 0.25) is 5.02 Å². The van der Waals surface area contributed by atoms with E-state index in [1.807, 2.05) is 6.07 Å². The minimum absolute atomic E-state index is 0.156. The van der Waals surface area contributed by atoms with Crippen molar-refractivity contribution in [3.8, 4) is 0 Å². The Bertz CT molecular complexity index is 1020. The normalized spacial score (nSPS) is 10.0. The average molecular weight is 410 g/mol. The second-order valence-corrected chi connectivity index (χ2v) is 6.60. The number of anilines is 2. The molecule has 0 bridgehead atoms. The van der Waals surface area contributed by atoms with Crippen LogP contribution in [0.1, 0.15) is 20.7 Å². The Morgan fingerprint density at radius 3 is 2.11 bits per heavy atom. The van der Waals surface area contributed by atoms with Crippen molar-refractivity contribution in [2.75, 3.05) is 10.6 Å². The first-order chi connectivity index (χ1) is 13.5. The lowest BCUT2D eigenvalue weighted by Gasteiger charge is -2.12. The molecular formula is C21H16ClN3O2S. The van der Waals surface area contributed by atoms with Crippen molar-refractivity contribution >= 4 is 52.1 Å². The highest BCUT2D eigenvalue weighted by atomic mass is 35.5. The summed E-state index contributed by atoms with van der Waals surface area (Å²) in [5.41, 5.74) is 2.07. The van der Waals surface area contributed by atoms with Crippen LogP contribution in [0.4, 0.5) is 11.4 Å².